The number of rotatable bonds is 3. The van der Waals surface area contributed by atoms with Crippen LogP contribution >= 0.6 is 0 Å². The molecule has 3 unspecified atom stereocenters. The zero-order valence-electron chi connectivity index (χ0n) is 11.6. The maximum Gasteiger partial charge on any atom is 0.389 e. The number of hydrogen-bond acceptors (Lipinski definition) is 1. The van der Waals surface area contributed by atoms with Gasteiger partial charge in [-0.25, -0.2) is 0 Å². The number of nitrogens with two attached hydrogens (primary N) is 1. The Balaban J connectivity index is 1.72. The minimum absolute atomic E-state index is 0.0179. The molecule has 19 heavy (non-hydrogen) atoms. The quantitative estimate of drug-likeness (QED) is 0.818. The lowest BCUT2D eigenvalue weighted by Crippen LogP contribution is -2.57. The van der Waals surface area contributed by atoms with Crippen molar-refractivity contribution in [2.45, 2.75) is 70.5 Å². The van der Waals surface area contributed by atoms with Crippen molar-refractivity contribution < 1.29 is 13.2 Å². The molecule has 0 aliphatic heterocycles. The molecule has 110 valence electrons. The van der Waals surface area contributed by atoms with Gasteiger partial charge in [0.05, 0.1) is 0 Å². The maximum atomic E-state index is 12.4. The van der Waals surface area contributed by atoms with Crippen LogP contribution in [0.4, 0.5) is 13.2 Å². The second kappa shape index (κ2) is 4.12. The molecule has 1 nitrogen and oxygen atoms in total. The summed E-state index contributed by atoms with van der Waals surface area (Å²) in [7, 11) is 0. The Morgan fingerprint density at radius 2 is 1.74 bits per heavy atom. The number of hydrogen-bond donors (Lipinski definition) is 1. The molecule has 4 fully saturated rings. The Kier molecular flexibility index (Phi) is 2.98. The summed E-state index contributed by atoms with van der Waals surface area (Å²) in [6, 6.07) is -0.264. The lowest BCUT2D eigenvalue weighted by Gasteiger charge is -2.63. The highest BCUT2D eigenvalue weighted by Crippen LogP contribution is 2.66. The molecular formula is C15H24F3N. The molecule has 0 aromatic carbocycles. The first kappa shape index (κ1) is 13.7. The van der Waals surface area contributed by atoms with Gasteiger partial charge in [-0.05, 0) is 67.6 Å². The van der Waals surface area contributed by atoms with Gasteiger partial charge < -0.3 is 5.73 Å². The van der Waals surface area contributed by atoms with Crippen LogP contribution in [0.2, 0.25) is 0 Å². The van der Waals surface area contributed by atoms with Crippen LogP contribution in [0, 0.1) is 22.7 Å². The highest BCUT2D eigenvalue weighted by atomic mass is 19.4. The van der Waals surface area contributed by atoms with Crippen molar-refractivity contribution >= 4 is 0 Å². The zero-order chi connectivity index (χ0) is 13.9. The van der Waals surface area contributed by atoms with Crippen LogP contribution in [0.5, 0.6) is 0 Å². The summed E-state index contributed by atoms with van der Waals surface area (Å²) >= 11 is 0. The average molecular weight is 275 g/mol. The first-order valence-electron chi connectivity index (χ1n) is 7.52. The monoisotopic (exact) mass is 275 g/mol. The Morgan fingerprint density at radius 1 is 1.16 bits per heavy atom. The van der Waals surface area contributed by atoms with Crippen LogP contribution in [0.25, 0.3) is 0 Å². The molecule has 0 amide bonds. The van der Waals surface area contributed by atoms with Crippen LogP contribution in [0.1, 0.15) is 58.3 Å². The van der Waals surface area contributed by atoms with E-state index < -0.39 is 12.6 Å². The lowest BCUT2D eigenvalue weighted by molar-refractivity contribution is -0.146. The van der Waals surface area contributed by atoms with Gasteiger partial charge in [0.2, 0.25) is 0 Å². The molecule has 0 spiro atoms. The van der Waals surface area contributed by atoms with Crippen molar-refractivity contribution in [2.24, 2.45) is 28.4 Å². The maximum absolute atomic E-state index is 12.4. The summed E-state index contributed by atoms with van der Waals surface area (Å²) in [5.41, 5.74) is 6.62. The fraction of sp³-hybridized carbons (Fsp3) is 1.00. The standard InChI is InChI=1S/C15H24F3N/c1-13-5-10-4-11(6-13)8-14(7-10,9-13)12(19)2-3-15(16,17)18/h10-12H,2-9,19H2,1H3. The summed E-state index contributed by atoms with van der Waals surface area (Å²) < 4.78 is 37.2. The van der Waals surface area contributed by atoms with Crippen LogP contribution in [-0.4, -0.2) is 12.2 Å². The molecule has 0 saturated heterocycles. The van der Waals surface area contributed by atoms with E-state index in [1.807, 2.05) is 0 Å². The number of halogens is 3. The van der Waals surface area contributed by atoms with Crippen molar-refractivity contribution in [3.63, 3.8) is 0 Å². The third-order valence-electron chi connectivity index (χ3n) is 5.92. The summed E-state index contributed by atoms with van der Waals surface area (Å²) in [6.07, 6.45) is 2.39. The Hall–Kier alpha value is -0.250. The topological polar surface area (TPSA) is 26.0 Å². The smallest absolute Gasteiger partial charge is 0.327 e. The molecular weight excluding hydrogens is 251 g/mol. The predicted octanol–water partition coefficient (Wildman–Crippen LogP) is 4.26. The molecule has 0 aromatic rings. The van der Waals surface area contributed by atoms with E-state index in [9.17, 15) is 13.2 Å². The van der Waals surface area contributed by atoms with Crippen LogP contribution in [-0.2, 0) is 0 Å². The van der Waals surface area contributed by atoms with Crippen molar-refractivity contribution in [1.29, 1.82) is 0 Å². The molecule has 0 aromatic heterocycles. The van der Waals surface area contributed by atoms with Gasteiger partial charge >= 0.3 is 6.18 Å². The van der Waals surface area contributed by atoms with E-state index >= 15 is 0 Å². The largest absolute Gasteiger partial charge is 0.389 e. The van der Waals surface area contributed by atoms with E-state index in [-0.39, 0.29) is 17.9 Å². The van der Waals surface area contributed by atoms with Gasteiger partial charge in [-0.3, -0.25) is 0 Å². The van der Waals surface area contributed by atoms with Gasteiger partial charge in [0.1, 0.15) is 0 Å². The van der Waals surface area contributed by atoms with Gasteiger partial charge in [-0.2, -0.15) is 13.2 Å². The van der Waals surface area contributed by atoms with Crippen molar-refractivity contribution in [3.05, 3.63) is 0 Å². The molecule has 2 N–H and O–H groups in total. The predicted molar refractivity (Wildman–Crippen MR) is 68.5 cm³/mol. The van der Waals surface area contributed by atoms with Crippen LogP contribution in [0.15, 0.2) is 0 Å². The van der Waals surface area contributed by atoms with Gasteiger partial charge in [0, 0.05) is 12.5 Å². The van der Waals surface area contributed by atoms with Crippen molar-refractivity contribution in [3.8, 4) is 0 Å². The number of alkyl halides is 3. The van der Waals surface area contributed by atoms with Crippen molar-refractivity contribution in [2.75, 3.05) is 0 Å². The van der Waals surface area contributed by atoms with Gasteiger partial charge in [0.25, 0.3) is 0 Å². The first-order valence-corrected chi connectivity index (χ1v) is 7.52. The summed E-state index contributed by atoms with van der Waals surface area (Å²) in [4.78, 5) is 0. The van der Waals surface area contributed by atoms with Gasteiger partial charge in [-0.1, -0.05) is 6.92 Å². The van der Waals surface area contributed by atoms with E-state index in [0.29, 0.717) is 5.41 Å². The van der Waals surface area contributed by atoms with E-state index in [4.69, 9.17) is 5.73 Å². The fourth-order valence-electron chi connectivity index (χ4n) is 5.86. The third kappa shape index (κ3) is 2.53. The second-order valence-corrected chi connectivity index (χ2v) is 7.89. The third-order valence-corrected chi connectivity index (χ3v) is 5.92. The molecule has 3 atom stereocenters. The molecule has 0 radical (unpaired) electrons. The van der Waals surface area contributed by atoms with Crippen molar-refractivity contribution in [1.82, 2.24) is 0 Å². The second-order valence-electron chi connectivity index (χ2n) is 7.89. The van der Waals surface area contributed by atoms with E-state index in [1.165, 1.54) is 19.3 Å². The molecule has 4 saturated carbocycles. The van der Waals surface area contributed by atoms with Crippen LogP contribution < -0.4 is 5.73 Å². The molecule has 0 heterocycles. The summed E-state index contributed by atoms with van der Waals surface area (Å²) in [6.45, 7) is 2.33. The van der Waals surface area contributed by atoms with E-state index in [2.05, 4.69) is 6.92 Å². The van der Waals surface area contributed by atoms with E-state index in [1.54, 1.807) is 0 Å². The average Bonchev–Trinajstić information content (AvgIpc) is 2.21. The molecule has 4 bridgehead atoms. The Bertz CT molecular complexity index is 349. The lowest BCUT2D eigenvalue weighted by atomic mass is 9.43. The highest BCUT2D eigenvalue weighted by Gasteiger charge is 2.57. The molecule has 4 rings (SSSR count). The molecule has 4 aliphatic rings. The van der Waals surface area contributed by atoms with E-state index in [0.717, 1.165) is 31.1 Å². The highest BCUT2D eigenvalue weighted by molar-refractivity contribution is 5.09. The summed E-state index contributed by atoms with van der Waals surface area (Å²) in [5, 5.41) is 0. The normalized spacial score (nSPS) is 46.6. The first-order chi connectivity index (χ1) is 8.70. The Morgan fingerprint density at radius 3 is 2.21 bits per heavy atom. The minimum atomic E-state index is -4.07. The van der Waals surface area contributed by atoms with Gasteiger partial charge in [-0.15, -0.1) is 0 Å². The SMILES string of the molecule is CC12CC3CC(C1)CC(C(N)CCC(F)(F)F)(C3)C2. The van der Waals surface area contributed by atoms with Crippen LogP contribution in [0.3, 0.4) is 0 Å². The minimum Gasteiger partial charge on any atom is -0.327 e. The van der Waals surface area contributed by atoms with Gasteiger partial charge in [0.15, 0.2) is 0 Å². The summed E-state index contributed by atoms with van der Waals surface area (Å²) in [5.74, 6) is 1.45. The fourth-order valence-corrected chi connectivity index (χ4v) is 5.86. The molecule has 4 aliphatic carbocycles. The molecule has 4 heteroatoms. The zero-order valence-corrected chi connectivity index (χ0v) is 11.6. The Labute approximate surface area is 113 Å².